The monoisotopic (exact) mass is 313 g/mol. The quantitative estimate of drug-likeness (QED) is 0.916. The molecule has 2 heterocycles. The number of aromatic amines is 1. The SMILES string of the molecule is Cc1ccccc1OCC1CCCN(Cc2c(C)n[nH]c2C)C1. The number of aromatic nitrogens is 2. The van der Waals surface area contributed by atoms with Gasteiger partial charge in [-0.05, 0) is 51.8 Å². The van der Waals surface area contributed by atoms with Crippen LogP contribution in [-0.4, -0.2) is 34.8 Å². The van der Waals surface area contributed by atoms with Crippen molar-refractivity contribution in [2.75, 3.05) is 19.7 Å². The largest absolute Gasteiger partial charge is 0.493 e. The van der Waals surface area contributed by atoms with Gasteiger partial charge in [-0.1, -0.05) is 18.2 Å². The van der Waals surface area contributed by atoms with Crippen LogP contribution in [0.1, 0.15) is 35.4 Å². The first-order valence-corrected chi connectivity index (χ1v) is 8.54. The number of ether oxygens (including phenoxy) is 1. The van der Waals surface area contributed by atoms with Crippen molar-refractivity contribution in [3.63, 3.8) is 0 Å². The molecule has 4 nitrogen and oxygen atoms in total. The zero-order valence-corrected chi connectivity index (χ0v) is 14.4. The predicted molar refractivity (Wildman–Crippen MR) is 92.7 cm³/mol. The van der Waals surface area contributed by atoms with Gasteiger partial charge in [0.15, 0.2) is 0 Å². The number of para-hydroxylation sites is 1. The molecule has 1 aliphatic heterocycles. The topological polar surface area (TPSA) is 41.1 Å². The first-order chi connectivity index (χ1) is 11.1. The van der Waals surface area contributed by atoms with Crippen LogP contribution in [-0.2, 0) is 6.54 Å². The molecule has 124 valence electrons. The van der Waals surface area contributed by atoms with Crippen LogP contribution in [0, 0.1) is 26.7 Å². The van der Waals surface area contributed by atoms with Gasteiger partial charge in [0, 0.05) is 30.3 Å². The predicted octanol–water partition coefficient (Wildman–Crippen LogP) is 3.63. The molecule has 3 rings (SSSR count). The van der Waals surface area contributed by atoms with Gasteiger partial charge in [0.05, 0.1) is 12.3 Å². The lowest BCUT2D eigenvalue weighted by Gasteiger charge is -2.32. The van der Waals surface area contributed by atoms with Crippen LogP contribution in [0.25, 0.3) is 0 Å². The van der Waals surface area contributed by atoms with Crippen molar-refractivity contribution in [2.45, 2.75) is 40.2 Å². The molecule has 0 aliphatic carbocycles. The number of hydrogen-bond acceptors (Lipinski definition) is 3. The maximum absolute atomic E-state index is 6.06. The Balaban J connectivity index is 1.55. The molecule has 1 fully saturated rings. The number of benzene rings is 1. The minimum absolute atomic E-state index is 0.607. The summed E-state index contributed by atoms with van der Waals surface area (Å²) in [6.45, 7) is 10.4. The second kappa shape index (κ2) is 7.18. The van der Waals surface area contributed by atoms with E-state index in [1.54, 1.807) is 0 Å². The van der Waals surface area contributed by atoms with E-state index in [0.717, 1.165) is 31.1 Å². The fraction of sp³-hybridized carbons (Fsp3) is 0.526. The highest BCUT2D eigenvalue weighted by Crippen LogP contribution is 2.23. The third kappa shape index (κ3) is 3.94. The first-order valence-electron chi connectivity index (χ1n) is 8.54. The maximum Gasteiger partial charge on any atom is 0.122 e. The zero-order valence-electron chi connectivity index (χ0n) is 14.4. The van der Waals surface area contributed by atoms with Crippen LogP contribution in [0.5, 0.6) is 5.75 Å². The van der Waals surface area contributed by atoms with E-state index < -0.39 is 0 Å². The van der Waals surface area contributed by atoms with Gasteiger partial charge in [-0.3, -0.25) is 10.00 Å². The molecule has 1 saturated heterocycles. The molecular formula is C19H27N3O. The summed E-state index contributed by atoms with van der Waals surface area (Å²) in [5.74, 6) is 1.63. The standard InChI is InChI=1S/C19H27N3O/c1-14-7-4-5-9-19(14)23-13-17-8-6-10-22(11-17)12-18-15(2)20-21-16(18)3/h4-5,7,9,17H,6,8,10-13H2,1-3H3,(H,20,21). The molecule has 1 atom stereocenters. The van der Waals surface area contributed by atoms with E-state index >= 15 is 0 Å². The second-order valence-electron chi connectivity index (χ2n) is 6.73. The molecule has 0 radical (unpaired) electrons. The van der Waals surface area contributed by atoms with Gasteiger partial charge in [-0.2, -0.15) is 5.10 Å². The Hall–Kier alpha value is -1.81. The molecule has 1 unspecified atom stereocenters. The molecule has 0 spiro atoms. The Labute approximate surface area is 138 Å². The number of nitrogens with one attached hydrogen (secondary N) is 1. The lowest BCUT2D eigenvalue weighted by Crippen LogP contribution is -2.37. The van der Waals surface area contributed by atoms with Crippen LogP contribution < -0.4 is 4.74 Å². The van der Waals surface area contributed by atoms with Crippen molar-refractivity contribution < 1.29 is 4.74 Å². The highest BCUT2D eigenvalue weighted by atomic mass is 16.5. The summed E-state index contributed by atoms with van der Waals surface area (Å²) in [7, 11) is 0. The summed E-state index contributed by atoms with van der Waals surface area (Å²) >= 11 is 0. The second-order valence-corrected chi connectivity index (χ2v) is 6.73. The van der Waals surface area contributed by atoms with Gasteiger partial charge in [-0.25, -0.2) is 0 Å². The Morgan fingerprint density at radius 3 is 2.83 bits per heavy atom. The summed E-state index contributed by atoms with van der Waals surface area (Å²) in [5, 5.41) is 7.40. The van der Waals surface area contributed by atoms with Crippen molar-refractivity contribution >= 4 is 0 Å². The highest BCUT2D eigenvalue weighted by Gasteiger charge is 2.22. The van der Waals surface area contributed by atoms with E-state index in [4.69, 9.17) is 4.74 Å². The number of likely N-dealkylation sites (tertiary alicyclic amines) is 1. The van der Waals surface area contributed by atoms with Gasteiger partial charge in [0.2, 0.25) is 0 Å². The fourth-order valence-corrected chi connectivity index (χ4v) is 3.39. The summed E-state index contributed by atoms with van der Waals surface area (Å²) < 4.78 is 6.06. The minimum atomic E-state index is 0.607. The van der Waals surface area contributed by atoms with Crippen LogP contribution in [0.4, 0.5) is 0 Å². The number of hydrogen-bond donors (Lipinski definition) is 1. The zero-order chi connectivity index (χ0) is 16.2. The summed E-state index contributed by atoms with van der Waals surface area (Å²) in [6, 6.07) is 8.27. The van der Waals surface area contributed by atoms with Crippen LogP contribution in [0.3, 0.4) is 0 Å². The summed E-state index contributed by atoms with van der Waals surface area (Å²) in [5.41, 5.74) is 4.89. The van der Waals surface area contributed by atoms with Gasteiger partial charge in [-0.15, -0.1) is 0 Å². The van der Waals surface area contributed by atoms with Gasteiger partial charge < -0.3 is 4.74 Å². The number of nitrogens with zero attached hydrogens (tertiary/aromatic N) is 2. The van der Waals surface area contributed by atoms with Crippen LogP contribution in [0.15, 0.2) is 24.3 Å². The van der Waals surface area contributed by atoms with Crippen molar-refractivity contribution in [1.29, 1.82) is 0 Å². The van der Waals surface area contributed by atoms with Crippen LogP contribution >= 0.6 is 0 Å². The molecule has 0 amide bonds. The first kappa shape index (κ1) is 16.1. The maximum atomic E-state index is 6.06. The van der Waals surface area contributed by atoms with Gasteiger partial charge >= 0.3 is 0 Å². The summed E-state index contributed by atoms with van der Waals surface area (Å²) in [6.07, 6.45) is 2.50. The molecule has 1 N–H and O–H groups in total. The smallest absolute Gasteiger partial charge is 0.122 e. The Bertz CT molecular complexity index is 630. The van der Waals surface area contributed by atoms with Crippen molar-refractivity contribution in [2.24, 2.45) is 5.92 Å². The molecule has 1 aromatic carbocycles. The molecule has 0 bridgehead atoms. The number of aryl methyl sites for hydroxylation is 3. The van der Waals surface area contributed by atoms with E-state index in [2.05, 4.69) is 54.1 Å². The minimum Gasteiger partial charge on any atom is -0.493 e. The van der Waals surface area contributed by atoms with E-state index in [0.29, 0.717) is 5.92 Å². The average Bonchev–Trinajstić information content (AvgIpc) is 2.86. The molecule has 0 saturated carbocycles. The molecule has 23 heavy (non-hydrogen) atoms. The number of rotatable bonds is 5. The molecule has 2 aromatic rings. The van der Waals surface area contributed by atoms with E-state index in [-0.39, 0.29) is 0 Å². The normalized spacial score (nSPS) is 19.0. The third-order valence-corrected chi connectivity index (χ3v) is 4.83. The number of H-pyrrole nitrogens is 1. The Morgan fingerprint density at radius 1 is 1.26 bits per heavy atom. The highest BCUT2D eigenvalue weighted by molar-refractivity contribution is 5.31. The Kier molecular flexibility index (Phi) is 5.01. The number of piperidine rings is 1. The van der Waals surface area contributed by atoms with E-state index in [1.807, 2.05) is 6.07 Å². The average molecular weight is 313 g/mol. The van der Waals surface area contributed by atoms with Crippen molar-refractivity contribution in [3.8, 4) is 5.75 Å². The van der Waals surface area contributed by atoms with E-state index in [9.17, 15) is 0 Å². The summed E-state index contributed by atoms with van der Waals surface area (Å²) in [4.78, 5) is 2.54. The lowest BCUT2D eigenvalue weighted by atomic mass is 9.98. The fourth-order valence-electron chi connectivity index (χ4n) is 3.39. The van der Waals surface area contributed by atoms with Crippen molar-refractivity contribution in [3.05, 3.63) is 46.8 Å². The Morgan fingerprint density at radius 2 is 2.09 bits per heavy atom. The van der Waals surface area contributed by atoms with E-state index in [1.165, 1.54) is 36.2 Å². The van der Waals surface area contributed by atoms with Crippen molar-refractivity contribution in [1.82, 2.24) is 15.1 Å². The van der Waals surface area contributed by atoms with Gasteiger partial charge in [0.1, 0.15) is 5.75 Å². The molecule has 1 aliphatic rings. The van der Waals surface area contributed by atoms with Crippen LogP contribution in [0.2, 0.25) is 0 Å². The van der Waals surface area contributed by atoms with Gasteiger partial charge in [0.25, 0.3) is 0 Å². The molecular weight excluding hydrogens is 286 g/mol. The molecule has 1 aromatic heterocycles. The molecule has 4 heteroatoms. The lowest BCUT2D eigenvalue weighted by molar-refractivity contribution is 0.124. The third-order valence-electron chi connectivity index (χ3n) is 4.83.